The molecule has 0 atom stereocenters. The summed E-state index contributed by atoms with van der Waals surface area (Å²) in [5.41, 5.74) is 2.34. The number of para-hydroxylation sites is 1. The summed E-state index contributed by atoms with van der Waals surface area (Å²) in [4.78, 5) is 14.7. The Morgan fingerprint density at radius 3 is 3.04 bits per heavy atom. The van der Waals surface area contributed by atoms with Crippen molar-refractivity contribution >= 4 is 17.1 Å². The number of rotatable bonds is 4. The molecular weight excluding hydrogens is 310 g/mol. The summed E-state index contributed by atoms with van der Waals surface area (Å²) in [5, 5.41) is 2.08. The molecule has 3 rings (SSSR count). The van der Waals surface area contributed by atoms with Gasteiger partial charge in [0, 0.05) is 25.2 Å². The summed E-state index contributed by atoms with van der Waals surface area (Å²) in [5.74, 6) is 1.78. The third-order valence-electron chi connectivity index (χ3n) is 3.95. The van der Waals surface area contributed by atoms with Gasteiger partial charge < -0.3 is 9.47 Å². The Balaban J connectivity index is 1.79. The lowest BCUT2D eigenvalue weighted by Crippen LogP contribution is -2.27. The van der Waals surface area contributed by atoms with Gasteiger partial charge in [-0.25, -0.2) is 0 Å². The van der Waals surface area contributed by atoms with Gasteiger partial charge in [-0.05, 0) is 36.4 Å². The quantitative estimate of drug-likeness (QED) is 0.800. The summed E-state index contributed by atoms with van der Waals surface area (Å²) in [6, 6.07) is 8.03. The molecule has 4 nitrogen and oxygen atoms in total. The second-order valence-electron chi connectivity index (χ2n) is 5.74. The fourth-order valence-electron chi connectivity index (χ4n) is 2.83. The number of ketones is 1. The summed E-state index contributed by atoms with van der Waals surface area (Å²) in [6.45, 7) is 4.94. The highest BCUT2D eigenvalue weighted by atomic mass is 32.1. The van der Waals surface area contributed by atoms with Gasteiger partial charge in [-0.1, -0.05) is 12.1 Å². The predicted molar refractivity (Wildman–Crippen MR) is 91.5 cm³/mol. The minimum absolute atomic E-state index is 0.136. The molecule has 5 heteroatoms. The predicted octanol–water partition coefficient (Wildman–Crippen LogP) is 3.74. The molecule has 0 aliphatic carbocycles. The zero-order chi connectivity index (χ0) is 16.2. The molecule has 1 aliphatic heterocycles. The molecule has 1 aromatic carbocycles. The van der Waals surface area contributed by atoms with Crippen LogP contribution in [-0.4, -0.2) is 30.9 Å². The first-order valence-corrected chi connectivity index (χ1v) is 8.64. The van der Waals surface area contributed by atoms with Crippen molar-refractivity contribution in [2.24, 2.45) is 0 Å². The van der Waals surface area contributed by atoms with Crippen molar-refractivity contribution in [3.8, 4) is 11.5 Å². The topological polar surface area (TPSA) is 38.8 Å². The smallest absolute Gasteiger partial charge is 0.169 e. The van der Waals surface area contributed by atoms with E-state index in [1.54, 1.807) is 14.0 Å². The van der Waals surface area contributed by atoms with Gasteiger partial charge >= 0.3 is 0 Å². The maximum Gasteiger partial charge on any atom is 0.169 e. The van der Waals surface area contributed by atoms with E-state index in [1.165, 1.54) is 16.9 Å². The second-order valence-corrected chi connectivity index (χ2v) is 6.65. The van der Waals surface area contributed by atoms with Crippen molar-refractivity contribution in [2.45, 2.75) is 26.4 Å². The molecule has 0 spiro atoms. The molecule has 0 saturated carbocycles. The number of ether oxygens (including phenoxy) is 2. The van der Waals surface area contributed by atoms with Crippen LogP contribution in [-0.2, 0) is 13.1 Å². The van der Waals surface area contributed by atoms with Crippen molar-refractivity contribution in [2.75, 3.05) is 20.3 Å². The van der Waals surface area contributed by atoms with Gasteiger partial charge in [-0.15, -0.1) is 11.3 Å². The van der Waals surface area contributed by atoms with Gasteiger partial charge in [-0.3, -0.25) is 9.69 Å². The van der Waals surface area contributed by atoms with E-state index in [0.29, 0.717) is 6.61 Å². The first kappa shape index (κ1) is 16.0. The molecule has 0 radical (unpaired) electrons. The fourth-order valence-corrected chi connectivity index (χ4v) is 3.64. The molecule has 23 heavy (non-hydrogen) atoms. The molecular formula is C18H21NO3S. The normalized spacial score (nSPS) is 15.2. The van der Waals surface area contributed by atoms with E-state index in [2.05, 4.69) is 16.3 Å². The Morgan fingerprint density at radius 1 is 1.43 bits per heavy atom. The zero-order valence-electron chi connectivity index (χ0n) is 13.5. The molecule has 122 valence electrons. The van der Waals surface area contributed by atoms with Gasteiger partial charge in [0.15, 0.2) is 17.3 Å². The van der Waals surface area contributed by atoms with Gasteiger partial charge in [0.25, 0.3) is 0 Å². The monoisotopic (exact) mass is 331 g/mol. The van der Waals surface area contributed by atoms with Gasteiger partial charge in [0.2, 0.25) is 0 Å². The first-order valence-electron chi connectivity index (χ1n) is 7.76. The molecule has 2 heterocycles. The van der Waals surface area contributed by atoms with Gasteiger partial charge in [0.1, 0.15) is 0 Å². The standard InChI is InChI=1S/C18H21NO3S/c1-13(20)17-9-14(12-23-17)10-19-7-4-8-22-18-15(11-19)5-3-6-16(18)21-2/h3,5-6,9,12H,4,7-8,10-11H2,1-2H3. The number of hydrogen-bond acceptors (Lipinski definition) is 5. The van der Waals surface area contributed by atoms with E-state index in [4.69, 9.17) is 9.47 Å². The van der Waals surface area contributed by atoms with Crippen LogP contribution in [0.3, 0.4) is 0 Å². The molecule has 0 N–H and O–H groups in total. The molecule has 0 saturated heterocycles. The van der Waals surface area contributed by atoms with Crippen LogP contribution in [0.15, 0.2) is 29.6 Å². The number of nitrogens with zero attached hydrogens (tertiary/aromatic N) is 1. The average molecular weight is 331 g/mol. The van der Waals surface area contributed by atoms with Crippen molar-refractivity contribution in [1.82, 2.24) is 4.90 Å². The highest BCUT2D eigenvalue weighted by molar-refractivity contribution is 7.12. The summed E-state index contributed by atoms with van der Waals surface area (Å²) in [7, 11) is 1.67. The van der Waals surface area contributed by atoms with Crippen LogP contribution in [0.1, 0.15) is 34.1 Å². The lowest BCUT2D eigenvalue weighted by molar-refractivity contribution is 0.102. The summed E-state index contributed by atoms with van der Waals surface area (Å²) >= 11 is 1.53. The molecule has 1 aliphatic rings. The number of thiophene rings is 1. The number of methoxy groups -OCH3 is 1. The minimum Gasteiger partial charge on any atom is -0.493 e. The Bertz CT molecular complexity index is 695. The van der Waals surface area contributed by atoms with Crippen molar-refractivity contribution in [3.63, 3.8) is 0 Å². The second kappa shape index (κ2) is 7.15. The molecule has 0 bridgehead atoms. The third-order valence-corrected chi connectivity index (χ3v) is 5.03. The Hall–Kier alpha value is -1.85. The minimum atomic E-state index is 0.136. The Kier molecular flexibility index (Phi) is 4.98. The Labute approximate surface area is 140 Å². The number of hydrogen-bond donors (Lipinski definition) is 0. The van der Waals surface area contributed by atoms with Gasteiger partial charge in [0.05, 0.1) is 18.6 Å². The van der Waals surface area contributed by atoms with Crippen LogP contribution < -0.4 is 9.47 Å². The largest absolute Gasteiger partial charge is 0.493 e. The van der Waals surface area contributed by atoms with Gasteiger partial charge in [-0.2, -0.15) is 0 Å². The first-order chi connectivity index (χ1) is 11.2. The lowest BCUT2D eigenvalue weighted by Gasteiger charge is -2.26. The number of Topliss-reactive ketones (excluding diaryl/α,β-unsaturated/α-hetero) is 1. The average Bonchev–Trinajstić information content (AvgIpc) is 2.98. The maximum absolute atomic E-state index is 11.5. The van der Waals surface area contributed by atoms with Crippen LogP contribution in [0.25, 0.3) is 0 Å². The maximum atomic E-state index is 11.5. The van der Waals surface area contributed by atoms with Crippen molar-refractivity contribution in [1.29, 1.82) is 0 Å². The molecule has 0 unspecified atom stereocenters. The van der Waals surface area contributed by atoms with E-state index in [1.807, 2.05) is 18.2 Å². The van der Waals surface area contributed by atoms with E-state index < -0.39 is 0 Å². The number of carbonyl (C=O) groups excluding carboxylic acids is 1. The SMILES string of the molecule is COc1cccc2c1OCCCN(Cc1csc(C(C)=O)c1)C2. The molecule has 2 aromatic rings. The third kappa shape index (κ3) is 3.74. The Morgan fingerprint density at radius 2 is 2.30 bits per heavy atom. The highest BCUT2D eigenvalue weighted by Crippen LogP contribution is 2.33. The summed E-state index contributed by atoms with van der Waals surface area (Å²) in [6.07, 6.45) is 0.973. The summed E-state index contributed by atoms with van der Waals surface area (Å²) < 4.78 is 11.3. The molecule has 0 fully saturated rings. The van der Waals surface area contributed by atoms with Crippen LogP contribution in [0.5, 0.6) is 11.5 Å². The number of carbonyl (C=O) groups is 1. The highest BCUT2D eigenvalue weighted by Gasteiger charge is 2.18. The van der Waals surface area contributed by atoms with E-state index >= 15 is 0 Å². The molecule has 1 aromatic heterocycles. The van der Waals surface area contributed by atoms with E-state index in [0.717, 1.165) is 48.0 Å². The van der Waals surface area contributed by atoms with Crippen LogP contribution in [0.4, 0.5) is 0 Å². The van der Waals surface area contributed by atoms with Crippen molar-refractivity contribution in [3.05, 3.63) is 45.6 Å². The number of benzene rings is 1. The lowest BCUT2D eigenvalue weighted by atomic mass is 10.1. The molecule has 0 amide bonds. The zero-order valence-corrected chi connectivity index (χ0v) is 14.3. The van der Waals surface area contributed by atoms with Crippen LogP contribution >= 0.6 is 11.3 Å². The van der Waals surface area contributed by atoms with E-state index in [9.17, 15) is 4.79 Å². The fraction of sp³-hybridized carbons (Fsp3) is 0.389. The number of fused-ring (bicyclic) bond motifs is 1. The van der Waals surface area contributed by atoms with Crippen molar-refractivity contribution < 1.29 is 14.3 Å². The van der Waals surface area contributed by atoms with Crippen LogP contribution in [0, 0.1) is 0 Å². The van der Waals surface area contributed by atoms with Crippen LogP contribution in [0.2, 0.25) is 0 Å². The van der Waals surface area contributed by atoms with E-state index in [-0.39, 0.29) is 5.78 Å².